The van der Waals surface area contributed by atoms with E-state index in [1.54, 1.807) is 0 Å². The Hall–Kier alpha value is -5.16. The van der Waals surface area contributed by atoms with Gasteiger partial charge in [0.25, 0.3) is 0 Å². The number of urea groups is 1. The zero-order chi connectivity index (χ0) is 43.6. The number of rotatable bonds is 24. The Kier molecular flexibility index (Phi) is 24.0. The van der Waals surface area contributed by atoms with Crippen LogP contribution in [0.5, 0.6) is 0 Å². The normalized spacial score (nSPS) is 16.5. The van der Waals surface area contributed by atoms with Gasteiger partial charge >= 0.3 is 35.9 Å². The van der Waals surface area contributed by atoms with Gasteiger partial charge in [-0.25, -0.2) is 14.4 Å². The van der Waals surface area contributed by atoms with Crippen LogP contribution in [0.3, 0.4) is 0 Å². The van der Waals surface area contributed by atoms with E-state index in [2.05, 4.69) is 31.9 Å². The number of nitrogens with one attached hydrogen (secondary N) is 7. The van der Waals surface area contributed by atoms with Crippen LogP contribution >= 0.6 is 12.2 Å². The minimum absolute atomic E-state index is 0.0521. The molecule has 0 bridgehead atoms. The first-order valence-electron chi connectivity index (χ1n) is 19.6. The minimum atomic E-state index is -1.53. The van der Waals surface area contributed by atoms with Gasteiger partial charge in [0.2, 0.25) is 5.91 Å². The molecular weight excluding hydrogens is 795 g/mol. The van der Waals surface area contributed by atoms with Crippen LogP contribution in [0.25, 0.3) is 0 Å². The molecular formula is C37H59N9O12S. The van der Waals surface area contributed by atoms with Crippen LogP contribution in [0.2, 0.25) is 0 Å². The molecule has 0 saturated carbocycles. The second-order valence-electron chi connectivity index (χ2n) is 14.1. The molecule has 1 aromatic rings. The smallest absolute Gasteiger partial charge is 0.326 e. The molecule has 21 nitrogen and oxygen atoms in total. The maximum atomic E-state index is 12.2. The highest BCUT2D eigenvalue weighted by atomic mass is 32.1. The number of anilines is 1. The van der Waals surface area contributed by atoms with Gasteiger partial charge in [0.15, 0.2) is 5.11 Å². The van der Waals surface area contributed by atoms with Gasteiger partial charge in [-0.15, -0.1) is 0 Å². The molecule has 3 amide bonds. The lowest BCUT2D eigenvalue weighted by molar-refractivity contribution is -0.141. The summed E-state index contributed by atoms with van der Waals surface area (Å²) in [5.74, 6) is -6.33. The topological polar surface area (TPSA) is 311 Å². The standard InChI is InChI=1S/C37H59N9O12S/c47-30(11-9-28(34(54)55)43-36(58)44-29(35(56)57)10-12-31(48)49)40-13-3-1-2-4-14-41-37(59)42-26-7-5-25(6-8-26)21-27-22-46(24-33(52)53)19-16-38-15-18-45(20-17-39-27)23-32(50)51/h5-8,27-29,38-39H,1-4,9-24H2,(H,40,47)(H,48,49)(H,50,51)(H,52,53)(H,54,55)(H,56,57)(H2,41,42,59)(H2,43,44,58)/t27?,28-,29-/m0/s1. The van der Waals surface area contributed by atoms with E-state index in [1.807, 2.05) is 39.4 Å². The summed E-state index contributed by atoms with van der Waals surface area (Å²) in [5, 5.41) is 66.5. The Morgan fingerprint density at radius 1 is 0.695 bits per heavy atom. The number of unbranched alkanes of at least 4 members (excludes halogenated alkanes) is 3. The van der Waals surface area contributed by atoms with Crippen molar-refractivity contribution in [2.75, 3.05) is 77.3 Å². The predicted molar refractivity (Wildman–Crippen MR) is 219 cm³/mol. The molecule has 3 atom stereocenters. The summed E-state index contributed by atoms with van der Waals surface area (Å²) in [6.45, 7) is 4.78. The van der Waals surface area contributed by atoms with Crippen molar-refractivity contribution in [2.24, 2.45) is 0 Å². The van der Waals surface area contributed by atoms with Gasteiger partial charge in [0.05, 0.1) is 13.1 Å². The fraction of sp³-hybridized carbons (Fsp3) is 0.622. The number of carboxylic acids is 5. The first-order chi connectivity index (χ1) is 28.1. The Bertz CT molecular complexity index is 1540. The zero-order valence-corrected chi connectivity index (χ0v) is 33.9. The molecule has 1 aliphatic rings. The number of carboxylic acid groups (broad SMARTS) is 5. The molecule has 1 fully saturated rings. The molecule has 1 unspecified atom stereocenters. The van der Waals surface area contributed by atoms with E-state index < -0.39 is 66.7 Å². The quantitative estimate of drug-likeness (QED) is 0.0455. The summed E-state index contributed by atoms with van der Waals surface area (Å²) < 4.78 is 0. The van der Waals surface area contributed by atoms with E-state index in [9.17, 15) is 48.9 Å². The molecule has 1 aromatic carbocycles. The molecule has 59 heavy (non-hydrogen) atoms. The van der Waals surface area contributed by atoms with Gasteiger partial charge in [-0.2, -0.15) is 0 Å². The third-order valence-electron chi connectivity index (χ3n) is 9.19. The van der Waals surface area contributed by atoms with Crippen LogP contribution in [0, 0.1) is 0 Å². The van der Waals surface area contributed by atoms with Gasteiger partial charge in [0, 0.05) is 83.5 Å². The monoisotopic (exact) mass is 853 g/mol. The fourth-order valence-electron chi connectivity index (χ4n) is 6.15. The molecule has 0 aliphatic carbocycles. The highest BCUT2D eigenvalue weighted by Gasteiger charge is 2.25. The number of aliphatic carboxylic acids is 5. The number of nitrogens with zero attached hydrogens (tertiary/aromatic N) is 2. The third kappa shape index (κ3) is 23.7. The Morgan fingerprint density at radius 3 is 1.81 bits per heavy atom. The minimum Gasteiger partial charge on any atom is -0.481 e. The average Bonchev–Trinajstić information content (AvgIpc) is 3.15. The van der Waals surface area contributed by atoms with Crippen LogP contribution in [0.15, 0.2) is 24.3 Å². The SMILES string of the molecule is O=C(O)CC[C@H](NC(=O)N[C@@H](CCC(=O)NCCCCCCNC(=S)Nc1ccc(CC2CN(CC(=O)O)CCNCCN(CC(=O)O)CCN2)cc1)C(=O)O)C(=O)O. The molecule has 0 spiro atoms. The van der Waals surface area contributed by atoms with Crippen molar-refractivity contribution in [3.63, 3.8) is 0 Å². The van der Waals surface area contributed by atoms with Gasteiger partial charge in [-0.3, -0.25) is 29.0 Å². The van der Waals surface area contributed by atoms with Gasteiger partial charge < -0.3 is 62.8 Å². The fourth-order valence-corrected chi connectivity index (χ4v) is 6.37. The van der Waals surface area contributed by atoms with E-state index in [0.29, 0.717) is 76.9 Å². The molecule has 1 saturated heterocycles. The molecule has 0 aromatic heterocycles. The van der Waals surface area contributed by atoms with Crippen molar-refractivity contribution in [3.05, 3.63) is 29.8 Å². The van der Waals surface area contributed by atoms with Gasteiger partial charge in [-0.05, 0) is 62.0 Å². The molecule has 12 N–H and O–H groups in total. The van der Waals surface area contributed by atoms with E-state index in [-0.39, 0.29) is 32.0 Å². The summed E-state index contributed by atoms with van der Waals surface area (Å²) in [4.78, 5) is 84.5. The summed E-state index contributed by atoms with van der Waals surface area (Å²) in [5.41, 5.74) is 1.84. The number of benzene rings is 1. The largest absolute Gasteiger partial charge is 0.481 e. The Morgan fingerprint density at radius 2 is 1.24 bits per heavy atom. The number of carbonyl (C=O) groups excluding carboxylic acids is 2. The number of amides is 3. The second kappa shape index (κ2) is 28.3. The third-order valence-corrected chi connectivity index (χ3v) is 9.43. The lowest BCUT2D eigenvalue weighted by atomic mass is 10.0. The van der Waals surface area contributed by atoms with E-state index >= 15 is 0 Å². The molecule has 2 rings (SSSR count). The maximum Gasteiger partial charge on any atom is 0.326 e. The lowest BCUT2D eigenvalue weighted by Gasteiger charge is -2.30. The summed E-state index contributed by atoms with van der Waals surface area (Å²) in [6.07, 6.45) is 2.47. The summed E-state index contributed by atoms with van der Waals surface area (Å²) >= 11 is 5.45. The highest BCUT2D eigenvalue weighted by Crippen LogP contribution is 2.13. The molecule has 1 heterocycles. The van der Waals surface area contributed by atoms with Crippen LogP contribution in [-0.4, -0.2) is 172 Å². The lowest BCUT2D eigenvalue weighted by Crippen LogP contribution is -2.51. The number of hydrogen-bond donors (Lipinski definition) is 12. The number of carbonyl (C=O) groups is 7. The highest BCUT2D eigenvalue weighted by molar-refractivity contribution is 7.80. The Labute approximate surface area is 348 Å². The van der Waals surface area contributed by atoms with Gasteiger partial charge in [0.1, 0.15) is 12.1 Å². The number of hydrogen-bond acceptors (Lipinski definition) is 12. The van der Waals surface area contributed by atoms with Crippen molar-refractivity contribution in [1.82, 2.24) is 41.7 Å². The molecule has 0 radical (unpaired) electrons. The van der Waals surface area contributed by atoms with Gasteiger partial charge in [-0.1, -0.05) is 25.0 Å². The molecule has 1 aliphatic heterocycles. The Balaban J connectivity index is 1.68. The van der Waals surface area contributed by atoms with Crippen molar-refractivity contribution in [2.45, 2.75) is 75.9 Å². The van der Waals surface area contributed by atoms with Crippen molar-refractivity contribution >= 4 is 64.8 Å². The van der Waals surface area contributed by atoms with E-state index in [1.165, 1.54) is 0 Å². The molecule has 22 heteroatoms. The number of thiocarbonyl (C=S) groups is 1. The van der Waals surface area contributed by atoms with Crippen LogP contribution < -0.4 is 37.2 Å². The van der Waals surface area contributed by atoms with Crippen LogP contribution in [0.4, 0.5) is 10.5 Å². The zero-order valence-electron chi connectivity index (χ0n) is 33.1. The van der Waals surface area contributed by atoms with Crippen LogP contribution in [-0.2, 0) is 35.2 Å². The molecule has 330 valence electrons. The van der Waals surface area contributed by atoms with Crippen molar-refractivity contribution in [3.8, 4) is 0 Å². The maximum absolute atomic E-state index is 12.2. The van der Waals surface area contributed by atoms with Crippen LogP contribution in [0.1, 0.15) is 56.9 Å². The predicted octanol–water partition coefficient (Wildman–Crippen LogP) is -0.623. The van der Waals surface area contributed by atoms with Crippen molar-refractivity contribution in [1.29, 1.82) is 0 Å². The van der Waals surface area contributed by atoms with E-state index in [0.717, 1.165) is 30.5 Å². The first kappa shape index (κ1) is 50.0. The average molecular weight is 854 g/mol. The summed E-state index contributed by atoms with van der Waals surface area (Å²) in [6, 6.07) is 3.63. The first-order valence-corrected chi connectivity index (χ1v) is 20.0. The van der Waals surface area contributed by atoms with Crippen molar-refractivity contribution < 1.29 is 59.1 Å². The second-order valence-corrected chi connectivity index (χ2v) is 14.5. The summed E-state index contributed by atoms with van der Waals surface area (Å²) in [7, 11) is 0. The van der Waals surface area contributed by atoms with E-state index in [4.69, 9.17) is 22.4 Å².